The summed E-state index contributed by atoms with van der Waals surface area (Å²) in [6.45, 7) is 2.72. The molecule has 1 fully saturated rings. The first-order valence-electron chi connectivity index (χ1n) is 6.49. The number of aromatic nitrogens is 1. The third-order valence-corrected chi connectivity index (χ3v) is 3.83. The molecular formula is C14H15ClN4O. The van der Waals surface area contributed by atoms with Crippen molar-refractivity contribution in [1.82, 2.24) is 9.88 Å². The normalized spacial score (nSPS) is 15.7. The van der Waals surface area contributed by atoms with Gasteiger partial charge in [0.05, 0.1) is 0 Å². The molecule has 2 amide bonds. The number of carbonyl (C=O) groups excluding carboxylic acids is 1. The van der Waals surface area contributed by atoms with Crippen molar-refractivity contribution in [2.24, 2.45) is 5.73 Å². The molecule has 1 aromatic carbocycles. The van der Waals surface area contributed by atoms with Crippen LogP contribution in [0.4, 0.5) is 10.6 Å². The lowest BCUT2D eigenvalue weighted by molar-refractivity contribution is 0.204. The summed E-state index contributed by atoms with van der Waals surface area (Å²) >= 11 is 6.02. The quantitative estimate of drug-likeness (QED) is 0.875. The SMILES string of the molecule is NC(=O)N1CCN(c2nccc3cc(Cl)ccc23)CC1. The van der Waals surface area contributed by atoms with Crippen LogP contribution in [-0.2, 0) is 0 Å². The maximum Gasteiger partial charge on any atom is 0.314 e. The van der Waals surface area contributed by atoms with Gasteiger partial charge in [-0.1, -0.05) is 11.6 Å². The van der Waals surface area contributed by atoms with Crippen LogP contribution in [-0.4, -0.2) is 42.1 Å². The fourth-order valence-electron chi connectivity index (χ4n) is 2.52. The number of benzene rings is 1. The maximum absolute atomic E-state index is 11.1. The molecule has 0 aliphatic carbocycles. The summed E-state index contributed by atoms with van der Waals surface area (Å²) in [5, 5.41) is 2.86. The molecule has 5 nitrogen and oxygen atoms in total. The summed E-state index contributed by atoms with van der Waals surface area (Å²) < 4.78 is 0. The number of amides is 2. The Labute approximate surface area is 121 Å². The van der Waals surface area contributed by atoms with E-state index in [-0.39, 0.29) is 6.03 Å². The number of carbonyl (C=O) groups is 1. The summed E-state index contributed by atoms with van der Waals surface area (Å²) in [6, 6.07) is 7.38. The van der Waals surface area contributed by atoms with Gasteiger partial charge in [-0.2, -0.15) is 0 Å². The van der Waals surface area contributed by atoms with Crippen molar-refractivity contribution < 1.29 is 4.79 Å². The Morgan fingerprint density at radius 3 is 2.65 bits per heavy atom. The van der Waals surface area contributed by atoms with Crippen LogP contribution in [0.15, 0.2) is 30.5 Å². The van der Waals surface area contributed by atoms with Crippen molar-refractivity contribution in [3.8, 4) is 0 Å². The van der Waals surface area contributed by atoms with E-state index in [0.29, 0.717) is 18.1 Å². The number of rotatable bonds is 1. The van der Waals surface area contributed by atoms with Crippen LogP contribution in [0.5, 0.6) is 0 Å². The molecule has 0 radical (unpaired) electrons. The Hall–Kier alpha value is -2.01. The van der Waals surface area contributed by atoms with E-state index in [4.69, 9.17) is 17.3 Å². The van der Waals surface area contributed by atoms with Gasteiger partial charge in [0, 0.05) is 42.8 Å². The van der Waals surface area contributed by atoms with Gasteiger partial charge in [0.15, 0.2) is 0 Å². The summed E-state index contributed by atoms with van der Waals surface area (Å²) in [7, 11) is 0. The lowest BCUT2D eigenvalue weighted by Gasteiger charge is -2.34. The zero-order chi connectivity index (χ0) is 14.1. The first-order chi connectivity index (χ1) is 9.65. The number of pyridine rings is 1. The molecule has 1 aliphatic heterocycles. The standard InChI is InChI=1S/C14H15ClN4O/c15-11-1-2-12-10(9-11)3-4-17-13(12)18-5-7-19(8-6-18)14(16)20/h1-4,9H,5-8H2,(H2,16,20). The van der Waals surface area contributed by atoms with Gasteiger partial charge in [-0.25, -0.2) is 9.78 Å². The van der Waals surface area contributed by atoms with Crippen molar-refractivity contribution in [3.05, 3.63) is 35.5 Å². The smallest absolute Gasteiger partial charge is 0.314 e. The summed E-state index contributed by atoms with van der Waals surface area (Å²) in [6.07, 6.45) is 1.79. The predicted octanol–water partition coefficient (Wildman–Crippen LogP) is 2.09. The minimum absolute atomic E-state index is 0.359. The molecule has 0 unspecified atom stereocenters. The van der Waals surface area contributed by atoms with E-state index in [0.717, 1.165) is 29.7 Å². The molecule has 0 spiro atoms. The molecule has 1 saturated heterocycles. The molecule has 2 heterocycles. The van der Waals surface area contributed by atoms with Gasteiger partial charge in [0.1, 0.15) is 5.82 Å². The van der Waals surface area contributed by atoms with Gasteiger partial charge >= 0.3 is 6.03 Å². The zero-order valence-corrected chi connectivity index (χ0v) is 11.7. The molecule has 0 atom stereocenters. The van der Waals surface area contributed by atoms with E-state index in [1.807, 2.05) is 24.3 Å². The Morgan fingerprint density at radius 2 is 1.95 bits per heavy atom. The van der Waals surface area contributed by atoms with Crippen LogP contribution in [0, 0.1) is 0 Å². The second-order valence-corrected chi connectivity index (χ2v) is 5.25. The lowest BCUT2D eigenvalue weighted by atomic mass is 10.1. The van der Waals surface area contributed by atoms with Gasteiger partial charge in [-0.3, -0.25) is 0 Å². The number of nitrogens with zero attached hydrogens (tertiary/aromatic N) is 3. The Morgan fingerprint density at radius 1 is 1.20 bits per heavy atom. The molecule has 0 bridgehead atoms. The minimum atomic E-state index is -0.359. The highest BCUT2D eigenvalue weighted by atomic mass is 35.5. The van der Waals surface area contributed by atoms with Gasteiger partial charge in [0.2, 0.25) is 0 Å². The molecule has 2 N–H and O–H groups in total. The molecule has 20 heavy (non-hydrogen) atoms. The topological polar surface area (TPSA) is 62.5 Å². The summed E-state index contributed by atoms with van der Waals surface area (Å²) in [5.41, 5.74) is 5.30. The van der Waals surface area contributed by atoms with Gasteiger partial charge in [-0.05, 0) is 29.7 Å². The van der Waals surface area contributed by atoms with E-state index >= 15 is 0 Å². The van der Waals surface area contributed by atoms with Crippen LogP contribution in [0.25, 0.3) is 10.8 Å². The first-order valence-corrected chi connectivity index (χ1v) is 6.86. The minimum Gasteiger partial charge on any atom is -0.353 e. The molecule has 104 valence electrons. The zero-order valence-electron chi connectivity index (χ0n) is 10.9. The number of primary amides is 1. The number of nitrogens with two attached hydrogens (primary N) is 1. The van der Waals surface area contributed by atoms with Crippen LogP contribution in [0.2, 0.25) is 5.02 Å². The average molecular weight is 291 g/mol. The van der Waals surface area contributed by atoms with Crippen molar-refractivity contribution in [1.29, 1.82) is 0 Å². The van der Waals surface area contributed by atoms with Crippen molar-refractivity contribution >= 4 is 34.2 Å². The highest BCUT2D eigenvalue weighted by Gasteiger charge is 2.21. The Bertz CT molecular complexity index is 653. The van der Waals surface area contributed by atoms with E-state index in [2.05, 4.69) is 9.88 Å². The lowest BCUT2D eigenvalue weighted by Crippen LogP contribution is -2.50. The maximum atomic E-state index is 11.1. The van der Waals surface area contributed by atoms with Gasteiger partial charge in [0.25, 0.3) is 0 Å². The second kappa shape index (κ2) is 5.17. The summed E-state index contributed by atoms with van der Waals surface area (Å²) in [5.74, 6) is 0.934. The highest BCUT2D eigenvalue weighted by molar-refractivity contribution is 6.31. The van der Waals surface area contributed by atoms with Crippen molar-refractivity contribution in [2.45, 2.75) is 0 Å². The van der Waals surface area contributed by atoms with E-state index in [1.54, 1.807) is 11.1 Å². The molecule has 1 aromatic heterocycles. The number of hydrogen-bond donors (Lipinski definition) is 1. The summed E-state index contributed by atoms with van der Waals surface area (Å²) in [4.78, 5) is 19.5. The van der Waals surface area contributed by atoms with Crippen LogP contribution in [0.3, 0.4) is 0 Å². The predicted molar refractivity (Wildman–Crippen MR) is 80.1 cm³/mol. The number of halogens is 1. The molecule has 6 heteroatoms. The Kier molecular flexibility index (Phi) is 3.36. The Balaban J connectivity index is 1.90. The average Bonchev–Trinajstić information content (AvgIpc) is 2.46. The van der Waals surface area contributed by atoms with E-state index in [1.165, 1.54) is 0 Å². The molecular weight excluding hydrogens is 276 g/mol. The number of piperazine rings is 1. The molecule has 3 rings (SSSR count). The largest absolute Gasteiger partial charge is 0.353 e. The fraction of sp³-hybridized carbons (Fsp3) is 0.286. The van der Waals surface area contributed by atoms with Crippen LogP contribution < -0.4 is 10.6 Å². The van der Waals surface area contributed by atoms with Gasteiger partial charge in [-0.15, -0.1) is 0 Å². The fourth-order valence-corrected chi connectivity index (χ4v) is 2.70. The van der Waals surface area contributed by atoms with Crippen molar-refractivity contribution in [2.75, 3.05) is 31.1 Å². The van der Waals surface area contributed by atoms with Crippen LogP contribution in [0.1, 0.15) is 0 Å². The molecule has 2 aromatic rings. The monoisotopic (exact) mass is 290 g/mol. The number of hydrogen-bond acceptors (Lipinski definition) is 3. The second-order valence-electron chi connectivity index (χ2n) is 4.81. The highest BCUT2D eigenvalue weighted by Crippen LogP contribution is 2.27. The van der Waals surface area contributed by atoms with E-state index < -0.39 is 0 Å². The van der Waals surface area contributed by atoms with Crippen LogP contribution >= 0.6 is 11.6 Å². The number of urea groups is 1. The first kappa shape index (κ1) is 13.0. The number of anilines is 1. The third-order valence-electron chi connectivity index (χ3n) is 3.60. The molecule has 1 aliphatic rings. The third kappa shape index (κ3) is 2.36. The van der Waals surface area contributed by atoms with E-state index in [9.17, 15) is 4.79 Å². The number of fused-ring (bicyclic) bond motifs is 1. The van der Waals surface area contributed by atoms with Crippen molar-refractivity contribution in [3.63, 3.8) is 0 Å². The molecule has 0 saturated carbocycles. The van der Waals surface area contributed by atoms with Gasteiger partial charge < -0.3 is 15.5 Å².